The van der Waals surface area contributed by atoms with Gasteiger partial charge in [-0.25, -0.2) is 0 Å². The van der Waals surface area contributed by atoms with E-state index in [2.05, 4.69) is 15.5 Å². The highest BCUT2D eigenvalue weighted by Crippen LogP contribution is 2.22. The van der Waals surface area contributed by atoms with Crippen molar-refractivity contribution >= 4 is 38.9 Å². The summed E-state index contributed by atoms with van der Waals surface area (Å²) in [4.78, 5) is 0. The Morgan fingerprint density at radius 3 is 2.50 bits per heavy atom. The summed E-state index contributed by atoms with van der Waals surface area (Å²) in [6.07, 6.45) is 0. The second kappa shape index (κ2) is 3.81. The maximum Gasteiger partial charge on any atom is 0.211 e. The van der Waals surface area contributed by atoms with E-state index in [1.54, 1.807) is 12.1 Å². The largest absolute Gasteiger partial charge is 0.374 e. The first kappa shape index (κ1) is 9.23. The number of rotatable bonds is 2. The van der Waals surface area contributed by atoms with Gasteiger partial charge in [0, 0.05) is 10.7 Å². The van der Waals surface area contributed by atoms with Gasteiger partial charge in [0.2, 0.25) is 10.3 Å². The van der Waals surface area contributed by atoms with E-state index in [1.807, 2.05) is 12.1 Å². The number of anilines is 3. The quantitative estimate of drug-likeness (QED) is 0.826. The molecule has 2 rings (SSSR count). The summed E-state index contributed by atoms with van der Waals surface area (Å²) >= 11 is 7.04. The molecule has 0 amide bonds. The number of nitrogens with two attached hydrogens (primary N) is 1. The predicted octanol–water partition coefficient (Wildman–Crippen LogP) is 2.52. The van der Waals surface area contributed by atoms with Crippen molar-refractivity contribution in [3.05, 3.63) is 29.3 Å². The highest BCUT2D eigenvalue weighted by atomic mass is 35.5. The summed E-state index contributed by atoms with van der Waals surface area (Å²) in [5, 5.41) is 12.4. The van der Waals surface area contributed by atoms with Crippen molar-refractivity contribution in [2.75, 3.05) is 11.1 Å². The summed E-state index contributed by atoms with van der Waals surface area (Å²) < 4.78 is 0. The molecule has 1 aromatic heterocycles. The van der Waals surface area contributed by atoms with Gasteiger partial charge in [0.25, 0.3) is 0 Å². The van der Waals surface area contributed by atoms with Crippen LogP contribution in [0.5, 0.6) is 0 Å². The Bertz CT molecular complexity index is 425. The van der Waals surface area contributed by atoms with Crippen molar-refractivity contribution in [1.29, 1.82) is 0 Å². The molecule has 0 saturated carbocycles. The lowest BCUT2D eigenvalue weighted by atomic mass is 10.3. The molecular weight excluding hydrogens is 220 g/mol. The van der Waals surface area contributed by atoms with E-state index in [0.717, 1.165) is 5.69 Å². The highest BCUT2D eigenvalue weighted by Gasteiger charge is 2.00. The van der Waals surface area contributed by atoms with Crippen LogP contribution in [0.2, 0.25) is 5.02 Å². The van der Waals surface area contributed by atoms with Gasteiger partial charge in [0.15, 0.2) is 0 Å². The topological polar surface area (TPSA) is 63.8 Å². The summed E-state index contributed by atoms with van der Waals surface area (Å²) in [6, 6.07) is 7.32. The second-order valence-electron chi connectivity index (χ2n) is 2.58. The molecule has 0 spiro atoms. The molecule has 0 aliphatic carbocycles. The van der Waals surface area contributed by atoms with Crippen molar-refractivity contribution < 1.29 is 0 Å². The van der Waals surface area contributed by atoms with Crippen LogP contribution in [-0.2, 0) is 0 Å². The number of benzene rings is 1. The molecular formula is C8H7ClN4S. The number of nitrogens with one attached hydrogen (secondary N) is 1. The van der Waals surface area contributed by atoms with Gasteiger partial charge in [-0.1, -0.05) is 22.9 Å². The van der Waals surface area contributed by atoms with Gasteiger partial charge in [0.1, 0.15) is 0 Å². The van der Waals surface area contributed by atoms with Crippen LogP contribution >= 0.6 is 22.9 Å². The number of nitrogen functional groups attached to an aromatic ring is 1. The van der Waals surface area contributed by atoms with E-state index in [4.69, 9.17) is 17.3 Å². The summed E-state index contributed by atoms with van der Waals surface area (Å²) in [5.74, 6) is 0. The third kappa shape index (κ3) is 2.12. The fourth-order valence-electron chi connectivity index (χ4n) is 0.942. The zero-order chi connectivity index (χ0) is 9.97. The van der Waals surface area contributed by atoms with E-state index in [1.165, 1.54) is 11.3 Å². The molecule has 3 N–H and O–H groups in total. The van der Waals surface area contributed by atoms with Gasteiger partial charge in [-0.2, -0.15) is 0 Å². The number of aromatic nitrogens is 2. The predicted molar refractivity (Wildman–Crippen MR) is 59.1 cm³/mol. The van der Waals surface area contributed by atoms with Crippen LogP contribution in [0.4, 0.5) is 16.0 Å². The maximum absolute atomic E-state index is 5.75. The summed E-state index contributed by atoms with van der Waals surface area (Å²) in [7, 11) is 0. The Labute approximate surface area is 89.7 Å². The molecule has 0 bridgehead atoms. The molecule has 14 heavy (non-hydrogen) atoms. The minimum atomic E-state index is 0.446. The van der Waals surface area contributed by atoms with Gasteiger partial charge in [-0.15, -0.1) is 10.2 Å². The van der Waals surface area contributed by atoms with E-state index < -0.39 is 0 Å². The smallest absolute Gasteiger partial charge is 0.211 e. The molecule has 1 heterocycles. The number of halogens is 1. The van der Waals surface area contributed by atoms with E-state index in [0.29, 0.717) is 15.3 Å². The Hall–Kier alpha value is -1.33. The van der Waals surface area contributed by atoms with Gasteiger partial charge < -0.3 is 11.1 Å². The lowest BCUT2D eigenvalue weighted by molar-refractivity contribution is 1.10. The van der Waals surface area contributed by atoms with Crippen LogP contribution in [0, 0.1) is 0 Å². The fraction of sp³-hybridized carbons (Fsp3) is 0. The molecule has 0 saturated heterocycles. The molecule has 0 aliphatic heterocycles. The number of nitrogens with zero attached hydrogens (tertiary/aromatic N) is 2. The first-order valence-corrected chi connectivity index (χ1v) is 5.05. The van der Waals surface area contributed by atoms with Crippen LogP contribution < -0.4 is 11.1 Å². The molecule has 0 atom stereocenters. The van der Waals surface area contributed by atoms with E-state index >= 15 is 0 Å². The zero-order valence-corrected chi connectivity index (χ0v) is 8.64. The summed E-state index contributed by atoms with van der Waals surface area (Å²) in [5.41, 5.74) is 6.35. The zero-order valence-electron chi connectivity index (χ0n) is 7.07. The Kier molecular flexibility index (Phi) is 2.51. The third-order valence-corrected chi connectivity index (χ3v) is 2.46. The van der Waals surface area contributed by atoms with E-state index in [9.17, 15) is 0 Å². The third-order valence-electron chi connectivity index (χ3n) is 1.54. The lowest BCUT2D eigenvalue weighted by Crippen LogP contribution is -1.88. The Morgan fingerprint density at radius 2 is 1.93 bits per heavy atom. The normalized spacial score (nSPS) is 10.1. The molecule has 0 aliphatic rings. The van der Waals surface area contributed by atoms with Crippen molar-refractivity contribution in [1.82, 2.24) is 10.2 Å². The maximum atomic E-state index is 5.75. The van der Waals surface area contributed by atoms with Gasteiger partial charge in [0.05, 0.1) is 0 Å². The first-order chi connectivity index (χ1) is 6.74. The summed E-state index contributed by atoms with van der Waals surface area (Å²) in [6.45, 7) is 0. The molecule has 4 nitrogen and oxygen atoms in total. The standard InChI is InChI=1S/C8H7ClN4S/c9-5-1-3-6(4-2-5)11-8-13-12-7(10)14-8/h1-4H,(H2,10,12)(H,11,13). The van der Waals surface area contributed by atoms with Crippen molar-refractivity contribution in [3.63, 3.8) is 0 Å². The SMILES string of the molecule is Nc1nnc(Nc2ccc(Cl)cc2)s1. The second-order valence-corrected chi connectivity index (χ2v) is 4.02. The van der Waals surface area contributed by atoms with Gasteiger partial charge in [-0.05, 0) is 24.3 Å². The van der Waals surface area contributed by atoms with Crippen LogP contribution in [0.15, 0.2) is 24.3 Å². The van der Waals surface area contributed by atoms with Crippen molar-refractivity contribution in [2.24, 2.45) is 0 Å². The van der Waals surface area contributed by atoms with Crippen molar-refractivity contribution in [2.45, 2.75) is 0 Å². The van der Waals surface area contributed by atoms with Gasteiger partial charge >= 0.3 is 0 Å². The average Bonchev–Trinajstić information content (AvgIpc) is 2.56. The highest BCUT2D eigenvalue weighted by molar-refractivity contribution is 7.18. The number of hydrogen-bond donors (Lipinski definition) is 2. The first-order valence-electron chi connectivity index (χ1n) is 3.85. The van der Waals surface area contributed by atoms with Crippen LogP contribution in [0.25, 0.3) is 0 Å². The Morgan fingerprint density at radius 1 is 1.21 bits per heavy atom. The molecule has 0 unspecified atom stereocenters. The lowest BCUT2D eigenvalue weighted by Gasteiger charge is -2.00. The average molecular weight is 227 g/mol. The minimum Gasteiger partial charge on any atom is -0.374 e. The monoisotopic (exact) mass is 226 g/mol. The molecule has 2 aromatic rings. The molecule has 0 fully saturated rings. The van der Waals surface area contributed by atoms with Crippen LogP contribution in [0.1, 0.15) is 0 Å². The van der Waals surface area contributed by atoms with Crippen LogP contribution in [0.3, 0.4) is 0 Å². The fourth-order valence-corrected chi connectivity index (χ4v) is 1.60. The van der Waals surface area contributed by atoms with E-state index in [-0.39, 0.29) is 0 Å². The molecule has 0 radical (unpaired) electrons. The minimum absolute atomic E-state index is 0.446. The molecule has 72 valence electrons. The van der Waals surface area contributed by atoms with Crippen molar-refractivity contribution in [3.8, 4) is 0 Å². The van der Waals surface area contributed by atoms with Crippen LogP contribution in [-0.4, -0.2) is 10.2 Å². The molecule has 1 aromatic carbocycles. The molecule has 6 heteroatoms. The number of hydrogen-bond acceptors (Lipinski definition) is 5. The Balaban J connectivity index is 2.15. The van der Waals surface area contributed by atoms with Gasteiger partial charge in [-0.3, -0.25) is 0 Å².